The number of alkyl halides is 3. The highest BCUT2D eigenvalue weighted by Crippen LogP contribution is 2.28. The number of aldehydes is 1. The first-order valence-corrected chi connectivity index (χ1v) is 12.1. The summed E-state index contributed by atoms with van der Waals surface area (Å²) in [4.78, 5) is 35.3. The number of imidazole rings is 1. The van der Waals surface area contributed by atoms with E-state index in [1.807, 2.05) is 6.92 Å². The van der Waals surface area contributed by atoms with E-state index < -0.39 is 18.1 Å². The Morgan fingerprint density at radius 1 is 1.26 bits per heavy atom. The third-order valence-electron chi connectivity index (χ3n) is 4.88. The van der Waals surface area contributed by atoms with Gasteiger partial charge in [0, 0.05) is 37.3 Å². The summed E-state index contributed by atoms with van der Waals surface area (Å²) in [6, 6.07) is 4.53. The van der Waals surface area contributed by atoms with Crippen molar-refractivity contribution in [1.29, 1.82) is 0 Å². The van der Waals surface area contributed by atoms with E-state index in [0.717, 1.165) is 21.9 Å². The minimum absolute atomic E-state index is 0.0164. The second-order valence-electron chi connectivity index (χ2n) is 7.76. The van der Waals surface area contributed by atoms with Crippen LogP contribution in [-0.2, 0) is 6.54 Å². The number of hydrogen-bond acceptors (Lipinski definition) is 9. The number of urea groups is 1. The molecule has 11 nitrogen and oxygen atoms in total. The number of anilines is 1. The molecule has 2 N–H and O–H groups in total. The fourth-order valence-electron chi connectivity index (χ4n) is 3.21. The number of aromatic nitrogens is 3. The number of benzene rings is 1. The predicted octanol–water partition coefficient (Wildman–Crippen LogP) is 3.39. The molecule has 1 aromatic carbocycles. The Hall–Kier alpha value is -3.85. The van der Waals surface area contributed by atoms with Crippen molar-refractivity contribution in [2.75, 3.05) is 38.3 Å². The van der Waals surface area contributed by atoms with Crippen LogP contribution in [0, 0.1) is 6.92 Å². The molecule has 2 heterocycles. The van der Waals surface area contributed by atoms with Gasteiger partial charge in [-0.3, -0.25) is 14.3 Å². The predicted molar refractivity (Wildman–Crippen MR) is 131 cm³/mol. The first kappa shape index (κ1) is 28.7. The highest BCUT2D eigenvalue weighted by atomic mass is 32.1. The molecule has 15 heteroatoms. The molecule has 0 saturated heterocycles. The van der Waals surface area contributed by atoms with Gasteiger partial charge >= 0.3 is 12.4 Å². The summed E-state index contributed by atoms with van der Waals surface area (Å²) in [7, 11) is 1.43. The summed E-state index contributed by atoms with van der Waals surface area (Å²) in [6.07, 6.45) is -2.23. The molecule has 0 radical (unpaired) electrons. The van der Waals surface area contributed by atoms with Gasteiger partial charge in [0.05, 0.1) is 6.54 Å². The van der Waals surface area contributed by atoms with E-state index in [2.05, 4.69) is 20.0 Å². The third kappa shape index (κ3) is 8.08. The van der Waals surface area contributed by atoms with E-state index in [0.29, 0.717) is 17.7 Å². The van der Waals surface area contributed by atoms with Crippen molar-refractivity contribution in [1.82, 2.24) is 19.9 Å². The van der Waals surface area contributed by atoms with Crippen molar-refractivity contribution in [2.24, 2.45) is 0 Å². The number of halogens is 3. The molecular weight excluding hydrogens is 531 g/mol. The molecule has 0 aliphatic heterocycles. The number of hydrogen-bond donors (Lipinski definition) is 2. The molecule has 0 aliphatic carbocycles. The maximum absolute atomic E-state index is 12.5. The third-order valence-corrected chi connectivity index (χ3v) is 5.78. The lowest BCUT2D eigenvalue weighted by molar-refractivity contribution is -0.274. The van der Waals surface area contributed by atoms with Crippen LogP contribution >= 0.6 is 11.3 Å². The van der Waals surface area contributed by atoms with Crippen LogP contribution in [0.25, 0.3) is 0 Å². The van der Waals surface area contributed by atoms with Gasteiger partial charge in [-0.05, 0) is 25.5 Å². The SMILES string of the molecule is Cc1cnc(Cn2c(OCCOc3cccc(OC(F)(F)F)c3)nc(N(C)C(=O)NCCCO)c2C=O)s1. The summed E-state index contributed by atoms with van der Waals surface area (Å²) >= 11 is 1.41. The first-order valence-electron chi connectivity index (χ1n) is 11.3. The summed E-state index contributed by atoms with van der Waals surface area (Å²) in [5.41, 5.74) is 0.0746. The Labute approximate surface area is 219 Å². The van der Waals surface area contributed by atoms with E-state index in [1.54, 1.807) is 6.20 Å². The lowest BCUT2D eigenvalue weighted by atomic mass is 10.3. The largest absolute Gasteiger partial charge is 0.573 e. The topological polar surface area (TPSA) is 128 Å². The first-order chi connectivity index (χ1) is 18.1. The van der Waals surface area contributed by atoms with Crippen molar-refractivity contribution < 1.29 is 42.1 Å². The highest BCUT2D eigenvalue weighted by Gasteiger charge is 2.31. The summed E-state index contributed by atoms with van der Waals surface area (Å²) < 4.78 is 53.9. The van der Waals surface area contributed by atoms with Crippen LogP contribution in [0.1, 0.15) is 26.8 Å². The quantitative estimate of drug-likeness (QED) is 0.242. The van der Waals surface area contributed by atoms with Crippen LogP contribution in [0.3, 0.4) is 0 Å². The number of thiazole rings is 1. The zero-order valence-corrected chi connectivity index (χ0v) is 21.3. The molecule has 206 valence electrons. The highest BCUT2D eigenvalue weighted by molar-refractivity contribution is 7.11. The number of carbonyl (C=O) groups is 2. The van der Waals surface area contributed by atoms with Gasteiger partial charge in [0.25, 0.3) is 6.01 Å². The monoisotopic (exact) mass is 557 g/mol. The van der Waals surface area contributed by atoms with Crippen LogP contribution in [-0.4, -0.2) is 71.7 Å². The Morgan fingerprint density at radius 2 is 2.00 bits per heavy atom. The number of nitrogens with zero attached hydrogens (tertiary/aromatic N) is 4. The van der Waals surface area contributed by atoms with Gasteiger partial charge in [-0.1, -0.05) is 6.07 Å². The lowest BCUT2D eigenvalue weighted by Gasteiger charge is -2.16. The Balaban J connectivity index is 1.75. The van der Waals surface area contributed by atoms with Crippen LogP contribution < -0.4 is 24.4 Å². The second-order valence-corrected chi connectivity index (χ2v) is 9.08. The fourth-order valence-corrected chi connectivity index (χ4v) is 3.99. The molecule has 0 aliphatic rings. The number of aryl methyl sites for hydroxylation is 1. The standard InChI is InChI=1S/C23H26F3N5O6S/c1-15-12-28-19(38-15)13-31-18(14-33)20(30(2)21(34)27-7-4-8-32)29-22(31)36-10-9-35-16-5-3-6-17(11-16)37-23(24,25)26/h3,5-6,11-12,14,32H,4,7-10,13H2,1-2H3,(H,27,34). The smallest absolute Gasteiger partial charge is 0.490 e. The molecular formula is C23H26F3N5O6S. The van der Waals surface area contributed by atoms with Gasteiger partial charge in [-0.2, -0.15) is 4.98 Å². The van der Waals surface area contributed by atoms with Crippen molar-refractivity contribution >= 4 is 29.5 Å². The number of ether oxygens (including phenoxy) is 3. The summed E-state index contributed by atoms with van der Waals surface area (Å²) in [5, 5.41) is 12.2. The molecule has 0 fully saturated rings. The minimum Gasteiger partial charge on any atom is -0.490 e. The van der Waals surface area contributed by atoms with Crippen LogP contribution in [0.2, 0.25) is 0 Å². The van der Waals surface area contributed by atoms with Crippen molar-refractivity contribution in [3.05, 3.63) is 46.0 Å². The van der Waals surface area contributed by atoms with Crippen molar-refractivity contribution in [2.45, 2.75) is 26.3 Å². The molecule has 0 unspecified atom stereocenters. The summed E-state index contributed by atoms with van der Waals surface area (Å²) in [6.45, 7) is 2.02. The van der Waals surface area contributed by atoms with Crippen LogP contribution in [0.5, 0.6) is 17.5 Å². The van der Waals surface area contributed by atoms with Gasteiger partial charge in [0.1, 0.15) is 35.4 Å². The molecule has 3 rings (SSSR count). The number of aliphatic hydroxyl groups excluding tert-OH is 1. The van der Waals surface area contributed by atoms with E-state index in [4.69, 9.17) is 14.6 Å². The zero-order valence-electron chi connectivity index (χ0n) is 20.5. The molecule has 38 heavy (non-hydrogen) atoms. The van der Waals surface area contributed by atoms with E-state index in [1.165, 1.54) is 35.1 Å². The van der Waals surface area contributed by atoms with E-state index >= 15 is 0 Å². The van der Waals surface area contributed by atoms with Gasteiger partial charge in [0.15, 0.2) is 12.1 Å². The molecule has 0 atom stereocenters. The maximum atomic E-state index is 12.5. The van der Waals surface area contributed by atoms with E-state index in [-0.39, 0.29) is 56.2 Å². The summed E-state index contributed by atoms with van der Waals surface area (Å²) in [5.74, 6) is -0.251. The number of amides is 2. The van der Waals surface area contributed by atoms with Gasteiger partial charge in [-0.25, -0.2) is 9.78 Å². The number of aliphatic hydroxyl groups is 1. The van der Waals surface area contributed by atoms with Crippen molar-refractivity contribution in [3.8, 4) is 17.5 Å². The Morgan fingerprint density at radius 3 is 2.66 bits per heavy atom. The molecule has 2 amide bonds. The van der Waals surface area contributed by atoms with Gasteiger partial charge < -0.3 is 24.6 Å². The Kier molecular flexibility index (Phi) is 9.90. The molecule has 0 bridgehead atoms. The second kappa shape index (κ2) is 13.1. The van der Waals surface area contributed by atoms with Gasteiger partial charge in [-0.15, -0.1) is 24.5 Å². The fraction of sp³-hybridized carbons (Fsp3) is 0.391. The van der Waals surface area contributed by atoms with Gasteiger partial charge in [0.2, 0.25) is 0 Å². The zero-order chi connectivity index (χ0) is 27.7. The Bertz CT molecular complexity index is 1230. The number of nitrogens with one attached hydrogen (secondary N) is 1. The minimum atomic E-state index is -4.83. The van der Waals surface area contributed by atoms with E-state index in [9.17, 15) is 22.8 Å². The number of rotatable bonds is 13. The average Bonchev–Trinajstić information content (AvgIpc) is 3.43. The van der Waals surface area contributed by atoms with Crippen LogP contribution in [0.15, 0.2) is 30.5 Å². The lowest BCUT2D eigenvalue weighted by Crippen LogP contribution is -2.38. The average molecular weight is 558 g/mol. The molecule has 3 aromatic rings. The normalized spacial score (nSPS) is 11.2. The van der Waals surface area contributed by atoms with Crippen molar-refractivity contribution in [3.63, 3.8) is 0 Å². The maximum Gasteiger partial charge on any atom is 0.573 e. The molecule has 2 aromatic heterocycles. The number of carbonyl (C=O) groups excluding carboxylic acids is 2. The molecule has 0 saturated carbocycles. The molecule has 0 spiro atoms. The van der Waals surface area contributed by atoms with Crippen LogP contribution in [0.4, 0.5) is 23.8 Å².